The molecule has 1 amide bonds. The summed E-state index contributed by atoms with van der Waals surface area (Å²) >= 11 is 5.86. The van der Waals surface area contributed by atoms with Gasteiger partial charge in [0.2, 0.25) is 5.91 Å². The number of nitrogens with one attached hydrogen (secondary N) is 1. The number of nitrogens with zero attached hydrogens (tertiary/aromatic N) is 2. The molecule has 1 N–H and O–H groups in total. The third-order valence-electron chi connectivity index (χ3n) is 3.96. The minimum Gasteiger partial charge on any atom is -0.355 e. The zero-order valence-corrected chi connectivity index (χ0v) is 15.3. The van der Waals surface area contributed by atoms with Gasteiger partial charge in [-0.25, -0.2) is 4.98 Å². The van der Waals surface area contributed by atoms with E-state index in [-0.39, 0.29) is 5.91 Å². The molecule has 2 aromatic carbocycles. The molecule has 0 aliphatic carbocycles. The van der Waals surface area contributed by atoms with Gasteiger partial charge in [-0.05, 0) is 35.4 Å². The Bertz CT molecular complexity index is 849. The number of benzene rings is 2. The Morgan fingerprint density at radius 2 is 1.73 bits per heavy atom. The average molecular weight is 366 g/mol. The first-order chi connectivity index (χ1) is 12.6. The number of halogens is 1. The van der Waals surface area contributed by atoms with Gasteiger partial charge >= 0.3 is 0 Å². The van der Waals surface area contributed by atoms with Gasteiger partial charge in [-0.15, -0.1) is 0 Å². The molecule has 0 radical (unpaired) electrons. The van der Waals surface area contributed by atoms with Gasteiger partial charge in [0, 0.05) is 18.6 Å². The first kappa shape index (κ1) is 18.0. The fraction of sp³-hybridized carbons (Fsp3) is 0.143. The third-order valence-corrected chi connectivity index (χ3v) is 4.22. The summed E-state index contributed by atoms with van der Waals surface area (Å²) in [5, 5.41) is 3.53. The van der Waals surface area contributed by atoms with Crippen LogP contribution in [0.1, 0.15) is 11.1 Å². The topological polar surface area (TPSA) is 45.2 Å². The van der Waals surface area contributed by atoms with E-state index in [1.807, 2.05) is 49.5 Å². The summed E-state index contributed by atoms with van der Waals surface area (Å²) in [5.41, 5.74) is 2.82. The highest BCUT2D eigenvalue weighted by atomic mass is 35.5. The highest BCUT2D eigenvalue weighted by Gasteiger charge is 2.07. The fourth-order valence-corrected chi connectivity index (χ4v) is 2.74. The van der Waals surface area contributed by atoms with E-state index in [2.05, 4.69) is 27.3 Å². The van der Waals surface area contributed by atoms with Crippen molar-refractivity contribution in [2.24, 2.45) is 0 Å². The minimum absolute atomic E-state index is 0.0838. The van der Waals surface area contributed by atoms with Gasteiger partial charge < -0.3 is 10.2 Å². The predicted octanol–water partition coefficient (Wildman–Crippen LogP) is 4.55. The lowest BCUT2D eigenvalue weighted by atomic mass is 10.1. The van der Waals surface area contributed by atoms with E-state index in [4.69, 9.17) is 11.6 Å². The molecule has 26 heavy (non-hydrogen) atoms. The molecule has 3 rings (SSSR count). The number of carbonyl (C=O) groups excluding carboxylic acids is 1. The molecule has 1 aromatic heterocycles. The van der Waals surface area contributed by atoms with Crippen molar-refractivity contribution in [3.63, 3.8) is 0 Å². The Morgan fingerprint density at radius 1 is 1.00 bits per heavy atom. The van der Waals surface area contributed by atoms with Crippen molar-refractivity contribution in [1.82, 2.24) is 4.98 Å². The van der Waals surface area contributed by atoms with Crippen LogP contribution in [0, 0.1) is 0 Å². The number of pyridine rings is 1. The third kappa shape index (κ3) is 5.07. The minimum atomic E-state index is -0.0838. The van der Waals surface area contributed by atoms with Crippen molar-refractivity contribution >= 4 is 29.0 Å². The lowest BCUT2D eigenvalue weighted by Crippen LogP contribution is -2.18. The van der Waals surface area contributed by atoms with Crippen molar-refractivity contribution < 1.29 is 4.79 Å². The molecule has 132 valence electrons. The monoisotopic (exact) mass is 365 g/mol. The Hall–Kier alpha value is -2.85. The van der Waals surface area contributed by atoms with Crippen LogP contribution in [0.5, 0.6) is 0 Å². The maximum atomic E-state index is 12.1. The summed E-state index contributed by atoms with van der Waals surface area (Å²) in [7, 11) is 1.99. The predicted molar refractivity (Wildman–Crippen MR) is 107 cm³/mol. The van der Waals surface area contributed by atoms with Gasteiger partial charge in [0.25, 0.3) is 0 Å². The fourth-order valence-electron chi connectivity index (χ4n) is 2.62. The number of hydrogen-bond acceptors (Lipinski definition) is 3. The zero-order valence-electron chi connectivity index (χ0n) is 14.5. The number of carbonyl (C=O) groups is 1. The molecule has 0 aliphatic rings. The Labute approximate surface area is 158 Å². The first-order valence-corrected chi connectivity index (χ1v) is 8.73. The van der Waals surface area contributed by atoms with Gasteiger partial charge in [-0.1, -0.05) is 54.1 Å². The highest BCUT2D eigenvalue weighted by molar-refractivity contribution is 6.30. The van der Waals surface area contributed by atoms with Crippen LogP contribution in [0.2, 0.25) is 5.02 Å². The van der Waals surface area contributed by atoms with Crippen molar-refractivity contribution in [2.45, 2.75) is 13.0 Å². The van der Waals surface area contributed by atoms with Gasteiger partial charge in [-0.2, -0.15) is 0 Å². The second kappa shape index (κ2) is 8.50. The molecule has 0 bridgehead atoms. The summed E-state index contributed by atoms with van der Waals surface area (Å²) in [4.78, 5) is 18.6. The summed E-state index contributed by atoms with van der Waals surface area (Å²) in [6.07, 6.45) is 1.98. The van der Waals surface area contributed by atoms with Gasteiger partial charge in [0.1, 0.15) is 5.82 Å². The smallest absolute Gasteiger partial charge is 0.228 e. The molecule has 4 nitrogen and oxygen atoms in total. The molecule has 1 heterocycles. The van der Waals surface area contributed by atoms with Crippen LogP contribution in [-0.2, 0) is 17.8 Å². The van der Waals surface area contributed by atoms with Crippen LogP contribution >= 0.6 is 11.6 Å². The summed E-state index contributed by atoms with van der Waals surface area (Å²) in [6, 6.07) is 21.2. The number of anilines is 2. The Balaban J connectivity index is 1.56. The molecule has 3 aromatic rings. The number of amides is 1. The van der Waals surface area contributed by atoms with Crippen molar-refractivity contribution in [3.8, 4) is 0 Å². The summed E-state index contributed by atoms with van der Waals surface area (Å²) < 4.78 is 0. The largest absolute Gasteiger partial charge is 0.355 e. The standard InChI is InChI=1S/C21H20ClN3O/c1-25(15-17-5-3-2-4-6-17)20-12-11-19(14-23-20)24-21(26)13-16-7-9-18(22)10-8-16/h2-12,14H,13,15H2,1H3,(H,24,26). The Morgan fingerprint density at radius 3 is 2.38 bits per heavy atom. The van der Waals surface area contributed by atoms with Gasteiger partial charge in [0.15, 0.2) is 0 Å². The van der Waals surface area contributed by atoms with Crippen molar-refractivity contribution in [2.75, 3.05) is 17.3 Å². The quantitative estimate of drug-likeness (QED) is 0.696. The number of rotatable bonds is 6. The van der Waals surface area contributed by atoms with Crippen LogP contribution in [0.25, 0.3) is 0 Å². The molecule has 5 heteroatoms. The maximum Gasteiger partial charge on any atom is 0.228 e. The van der Waals surface area contributed by atoms with Gasteiger partial charge in [-0.3, -0.25) is 4.79 Å². The molecular formula is C21H20ClN3O. The normalized spacial score (nSPS) is 10.4. The maximum absolute atomic E-state index is 12.1. The van der Waals surface area contributed by atoms with Gasteiger partial charge in [0.05, 0.1) is 18.3 Å². The molecule has 0 spiro atoms. The van der Waals surface area contributed by atoms with Crippen molar-refractivity contribution in [3.05, 3.63) is 89.1 Å². The summed E-state index contributed by atoms with van der Waals surface area (Å²) in [6.45, 7) is 0.774. The van der Waals surface area contributed by atoms with E-state index in [0.29, 0.717) is 17.1 Å². The highest BCUT2D eigenvalue weighted by Crippen LogP contribution is 2.16. The van der Waals surface area contributed by atoms with Crippen LogP contribution in [0.4, 0.5) is 11.5 Å². The number of aromatic nitrogens is 1. The summed E-state index contributed by atoms with van der Waals surface area (Å²) in [5.74, 6) is 0.768. The molecule has 0 saturated heterocycles. The van der Waals surface area contributed by atoms with Crippen LogP contribution in [0.15, 0.2) is 72.9 Å². The average Bonchev–Trinajstić information content (AvgIpc) is 2.65. The van der Waals surface area contributed by atoms with Crippen molar-refractivity contribution in [1.29, 1.82) is 0 Å². The zero-order chi connectivity index (χ0) is 18.4. The van der Waals surface area contributed by atoms with Crippen LogP contribution in [-0.4, -0.2) is 17.9 Å². The molecule has 0 fully saturated rings. The van der Waals surface area contributed by atoms with E-state index in [1.54, 1.807) is 18.3 Å². The molecule has 0 atom stereocenters. The van der Waals surface area contributed by atoms with E-state index < -0.39 is 0 Å². The second-order valence-corrected chi connectivity index (χ2v) is 6.53. The number of hydrogen-bond donors (Lipinski definition) is 1. The van der Waals surface area contributed by atoms with Crippen LogP contribution in [0.3, 0.4) is 0 Å². The van der Waals surface area contributed by atoms with E-state index in [9.17, 15) is 4.79 Å². The molecule has 0 unspecified atom stereocenters. The van der Waals surface area contributed by atoms with Crippen LogP contribution < -0.4 is 10.2 Å². The molecular weight excluding hydrogens is 346 g/mol. The molecule has 0 aliphatic heterocycles. The van der Waals surface area contributed by atoms with E-state index >= 15 is 0 Å². The van der Waals surface area contributed by atoms with E-state index in [0.717, 1.165) is 17.9 Å². The SMILES string of the molecule is CN(Cc1ccccc1)c1ccc(NC(=O)Cc2ccc(Cl)cc2)cn1. The molecule has 0 saturated carbocycles. The lowest BCUT2D eigenvalue weighted by molar-refractivity contribution is -0.115. The second-order valence-electron chi connectivity index (χ2n) is 6.10. The Kier molecular flexibility index (Phi) is 5.87. The van der Waals surface area contributed by atoms with E-state index in [1.165, 1.54) is 5.56 Å². The lowest BCUT2D eigenvalue weighted by Gasteiger charge is -2.18. The first-order valence-electron chi connectivity index (χ1n) is 8.35.